The smallest absolute Gasteiger partial charge is 0.328 e. The fourth-order valence-corrected chi connectivity index (χ4v) is 3.16. The highest BCUT2D eigenvalue weighted by molar-refractivity contribution is 5.90. The molecule has 2 aliphatic rings. The van der Waals surface area contributed by atoms with Gasteiger partial charge in [-0.25, -0.2) is 4.79 Å². The number of ether oxygens (including phenoxy) is 1. The van der Waals surface area contributed by atoms with Crippen LogP contribution in [-0.2, 0) is 14.3 Å². The molecule has 0 aromatic carbocycles. The lowest BCUT2D eigenvalue weighted by atomic mass is 9.93. The fraction of sp³-hybridized carbons (Fsp3) is 0.857. The van der Waals surface area contributed by atoms with Crippen molar-refractivity contribution < 1.29 is 14.3 Å². The van der Waals surface area contributed by atoms with Gasteiger partial charge in [0.2, 0.25) is 5.91 Å². The predicted molar refractivity (Wildman–Crippen MR) is 71.4 cm³/mol. The van der Waals surface area contributed by atoms with Crippen molar-refractivity contribution >= 4 is 11.9 Å². The highest BCUT2D eigenvalue weighted by Crippen LogP contribution is 2.31. The lowest BCUT2D eigenvalue weighted by Crippen LogP contribution is -2.59. The Bertz CT molecular complexity index is 351. The maximum absolute atomic E-state index is 12.6. The van der Waals surface area contributed by atoms with E-state index in [9.17, 15) is 9.59 Å². The van der Waals surface area contributed by atoms with Gasteiger partial charge in [0.25, 0.3) is 0 Å². The Kier molecular flexibility index (Phi) is 4.45. The molecule has 0 aromatic heterocycles. The second-order valence-electron chi connectivity index (χ2n) is 5.63. The van der Waals surface area contributed by atoms with Crippen molar-refractivity contribution in [2.24, 2.45) is 5.73 Å². The highest BCUT2D eigenvalue weighted by atomic mass is 16.5. The Morgan fingerprint density at radius 3 is 2.58 bits per heavy atom. The van der Waals surface area contributed by atoms with Gasteiger partial charge in [0.05, 0.1) is 12.1 Å². The van der Waals surface area contributed by atoms with Crippen LogP contribution in [0.3, 0.4) is 0 Å². The summed E-state index contributed by atoms with van der Waals surface area (Å²) in [7, 11) is 0. The Labute approximate surface area is 114 Å². The van der Waals surface area contributed by atoms with E-state index < -0.39 is 11.6 Å². The third kappa shape index (κ3) is 2.91. The number of nitrogens with zero attached hydrogens (tertiary/aromatic N) is 1. The van der Waals surface area contributed by atoms with Crippen molar-refractivity contribution in [3.05, 3.63) is 0 Å². The fourth-order valence-electron chi connectivity index (χ4n) is 3.16. The van der Waals surface area contributed by atoms with E-state index in [-0.39, 0.29) is 11.9 Å². The molecule has 1 atom stereocenters. The van der Waals surface area contributed by atoms with E-state index >= 15 is 0 Å². The molecule has 19 heavy (non-hydrogen) atoms. The van der Waals surface area contributed by atoms with Crippen molar-refractivity contribution in [2.75, 3.05) is 13.2 Å². The third-order valence-corrected chi connectivity index (χ3v) is 4.24. The molecule has 0 aromatic rings. The monoisotopic (exact) mass is 268 g/mol. The van der Waals surface area contributed by atoms with E-state index in [2.05, 4.69) is 0 Å². The normalized spacial score (nSPS) is 26.2. The Morgan fingerprint density at radius 1 is 1.26 bits per heavy atom. The average molecular weight is 268 g/mol. The molecule has 1 amide bonds. The maximum Gasteiger partial charge on any atom is 0.328 e. The maximum atomic E-state index is 12.6. The molecule has 2 rings (SSSR count). The van der Waals surface area contributed by atoms with E-state index in [1.54, 1.807) is 11.8 Å². The van der Waals surface area contributed by atoms with Gasteiger partial charge in [0, 0.05) is 6.54 Å². The summed E-state index contributed by atoms with van der Waals surface area (Å²) in [6.45, 7) is 2.76. The number of carbonyl (C=O) groups excluding carboxylic acids is 2. The van der Waals surface area contributed by atoms with Crippen LogP contribution in [0.1, 0.15) is 51.9 Å². The molecule has 1 saturated carbocycles. The molecule has 1 aliphatic heterocycles. The van der Waals surface area contributed by atoms with Crippen molar-refractivity contribution in [2.45, 2.75) is 63.5 Å². The number of piperidine rings is 1. The Morgan fingerprint density at radius 2 is 1.95 bits per heavy atom. The van der Waals surface area contributed by atoms with Crippen LogP contribution in [0, 0.1) is 0 Å². The first kappa shape index (κ1) is 14.3. The Hall–Kier alpha value is -1.10. The van der Waals surface area contributed by atoms with Crippen LogP contribution < -0.4 is 5.73 Å². The second kappa shape index (κ2) is 5.90. The van der Waals surface area contributed by atoms with Crippen LogP contribution in [0.5, 0.6) is 0 Å². The second-order valence-corrected chi connectivity index (χ2v) is 5.63. The number of nitrogens with two attached hydrogens (primary N) is 1. The van der Waals surface area contributed by atoms with Crippen molar-refractivity contribution in [1.82, 2.24) is 4.90 Å². The Balaban J connectivity index is 2.10. The predicted octanol–water partition coefficient (Wildman–Crippen LogP) is 1.20. The van der Waals surface area contributed by atoms with Crippen LogP contribution in [0.4, 0.5) is 0 Å². The summed E-state index contributed by atoms with van der Waals surface area (Å²) in [5.74, 6) is -0.333. The van der Waals surface area contributed by atoms with Crippen LogP contribution in [-0.4, -0.2) is 41.5 Å². The number of likely N-dealkylation sites (tertiary alicyclic amines) is 1. The van der Waals surface area contributed by atoms with E-state index in [1.165, 1.54) is 0 Å². The van der Waals surface area contributed by atoms with E-state index in [0.717, 1.165) is 38.5 Å². The van der Waals surface area contributed by atoms with Gasteiger partial charge in [0.15, 0.2) is 0 Å². The quantitative estimate of drug-likeness (QED) is 0.781. The number of hydrogen-bond donors (Lipinski definition) is 1. The SMILES string of the molecule is CCOC(=O)C1CCCCN1C(=O)C1(N)CCCC1. The molecule has 1 aliphatic carbocycles. The van der Waals surface area contributed by atoms with Crippen molar-refractivity contribution in [1.29, 1.82) is 0 Å². The first-order valence-electron chi connectivity index (χ1n) is 7.35. The molecular weight excluding hydrogens is 244 g/mol. The zero-order chi connectivity index (χ0) is 13.9. The standard InChI is InChI=1S/C14H24N2O3/c1-2-19-12(17)11-7-3-6-10-16(11)13(18)14(15)8-4-5-9-14/h11H,2-10,15H2,1H3. The molecule has 0 spiro atoms. The van der Waals surface area contributed by atoms with Crippen LogP contribution >= 0.6 is 0 Å². The van der Waals surface area contributed by atoms with Gasteiger partial charge in [-0.05, 0) is 39.0 Å². The molecule has 0 radical (unpaired) electrons. The van der Waals surface area contributed by atoms with Crippen LogP contribution in [0.2, 0.25) is 0 Å². The highest BCUT2D eigenvalue weighted by Gasteiger charge is 2.44. The van der Waals surface area contributed by atoms with Gasteiger partial charge in [-0.1, -0.05) is 12.8 Å². The number of rotatable bonds is 3. The van der Waals surface area contributed by atoms with Gasteiger partial charge < -0.3 is 15.4 Å². The van der Waals surface area contributed by atoms with Gasteiger partial charge >= 0.3 is 5.97 Å². The molecule has 5 nitrogen and oxygen atoms in total. The first-order chi connectivity index (χ1) is 9.08. The summed E-state index contributed by atoms with van der Waals surface area (Å²) < 4.78 is 5.08. The van der Waals surface area contributed by atoms with Crippen LogP contribution in [0.15, 0.2) is 0 Å². The average Bonchev–Trinajstić information content (AvgIpc) is 2.86. The first-order valence-corrected chi connectivity index (χ1v) is 7.35. The molecule has 108 valence electrons. The summed E-state index contributed by atoms with van der Waals surface area (Å²) in [6.07, 6.45) is 6.07. The molecule has 2 N–H and O–H groups in total. The number of amides is 1. The zero-order valence-electron chi connectivity index (χ0n) is 11.7. The summed E-state index contributed by atoms with van der Waals surface area (Å²) in [6, 6.07) is -0.428. The minimum atomic E-state index is -0.748. The minimum absolute atomic E-state index is 0.0530. The van der Waals surface area contributed by atoms with Gasteiger partial charge in [-0.2, -0.15) is 0 Å². The zero-order valence-corrected chi connectivity index (χ0v) is 11.7. The summed E-state index contributed by atoms with van der Waals surface area (Å²) in [5.41, 5.74) is 5.48. The molecule has 1 saturated heterocycles. The molecular formula is C14H24N2O3. The largest absolute Gasteiger partial charge is 0.464 e. The van der Waals surface area contributed by atoms with Crippen LogP contribution in [0.25, 0.3) is 0 Å². The van der Waals surface area contributed by atoms with Gasteiger partial charge in [0.1, 0.15) is 6.04 Å². The molecule has 0 bridgehead atoms. The van der Waals surface area contributed by atoms with E-state index in [4.69, 9.17) is 10.5 Å². The van der Waals surface area contributed by atoms with Gasteiger partial charge in [-0.15, -0.1) is 0 Å². The number of esters is 1. The molecule has 5 heteroatoms. The number of carbonyl (C=O) groups is 2. The van der Waals surface area contributed by atoms with E-state index in [0.29, 0.717) is 19.6 Å². The molecule has 2 fully saturated rings. The lowest BCUT2D eigenvalue weighted by Gasteiger charge is -2.38. The summed E-state index contributed by atoms with van der Waals surface area (Å²) >= 11 is 0. The summed E-state index contributed by atoms with van der Waals surface area (Å²) in [4.78, 5) is 26.3. The lowest BCUT2D eigenvalue weighted by molar-refractivity contribution is -0.158. The third-order valence-electron chi connectivity index (χ3n) is 4.24. The molecule has 1 heterocycles. The summed E-state index contributed by atoms with van der Waals surface area (Å²) in [5, 5.41) is 0. The van der Waals surface area contributed by atoms with Crippen molar-refractivity contribution in [3.8, 4) is 0 Å². The topological polar surface area (TPSA) is 72.6 Å². The van der Waals surface area contributed by atoms with Gasteiger partial charge in [-0.3, -0.25) is 4.79 Å². The van der Waals surface area contributed by atoms with Crippen molar-refractivity contribution in [3.63, 3.8) is 0 Å². The minimum Gasteiger partial charge on any atom is -0.464 e. The number of hydrogen-bond acceptors (Lipinski definition) is 4. The molecule has 1 unspecified atom stereocenters. The van der Waals surface area contributed by atoms with E-state index in [1.807, 2.05) is 0 Å².